The van der Waals surface area contributed by atoms with E-state index in [9.17, 15) is 8.76 Å². The predicted octanol–water partition coefficient (Wildman–Crippen LogP) is 0.0398. The van der Waals surface area contributed by atoms with Crippen molar-refractivity contribution < 1.29 is 8.76 Å². The fourth-order valence-electron chi connectivity index (χ4n) is 1.69. The molecule has 0 saturated carbocycles. The molecule has 0 aliphatic carbocycles. The van der Waals surface area contributed by atoms with E-state index in [1.54, 1.807) is 12.4 Å². The van der Waals surface area contributed by atoms with Gasteiger partial charge in [0.15, 0.2) is 0 Å². The van der Waals surface area contributed by atoms with Crippen LogP contribution in [0, 0.1) is 3.57 Å². The van der Waals surface area contributed by atoms with Crippen LogP contribution in [-0.4, -0.2) is 55.7 Å². The quantitative estimate of drug-likeness (QED) is 0.555. The summed E-state index contributed by atoms with van der Waals surface area (Å²) in [6, 6.07) is 0. The molecule has 2 heterocycles. The number of hydrogen-bond acceptors (Lipinski definition) is 6. The summed E-state index contributed by atoms with van der Waals surface area (Å²) < 4.78 is 22.2. The lowest BCUT2D eigenvalue weighted by molar-refractivity contribution is 0.290. The van der Waals surface area contributed by atoms with Gasteiger partial charge in [-0.3, -0.25) is 9.11 Å². The van der Waals surface area contributed by atoms with E-state index < -0.39 is 11.1 Å². The largest absolute Gasteiger partial charge is 0.771 e. The molecule has 0 bridgehead atoms. The highest BCUT2D eigenvalue weighted by molar-refractivity contribution is 14.1. The summed E-state index contributed by atoms with van der Waals surface area (Å²) in [5, 5.41) is 0. The molecular formula is C9H12IN4O2S-. The van der Waals surface area contributed by atoms with Gasteiger partial charge in [0.1, 0.15) is 0 Å². The average molecular weight is 367 g/mol. The third-order valence-corrected chi connectivity index (χ3v) is 3.68. The van der Waals surface area contributed by atoms with Crippen molar-refractivity contribution in [2.45, 2.75) is 0 Å². The topological polar surface area (TPSA) is 72.4 Å². The molecule has 1 unspecified atom stereocenters. The Morgan fingerprint density at radius 1 is 1.29 bits per heavy atom. The normalized spacial score (nSPS) is 19.3. The number of piperazine rings is 1. The molecule has 0 aromatic carbocycles. The van der Waals surface area contributed by atoms with E-state index in [-0.39, 0.29) is 5.88 Å². The van der Waals surface area contributed by atoms with Crippen molar-refractivity contribution in [2.75, 3.05) is 37.0 Å². The Morgan fingerprint density at radius 3 is 2.41 bits per heavy atom. The Kier molecular flexibility index (Phi) is 4.65. The van der Waals surface area contributed by atoms with E-state index in [1.807, 2.05) is 4.90 Å². The van der Waals surface area contributed by atoms with Crippen molar-refractivity contribution in [2.24, 2.45) is 0 Å². The van der Waals surface area contributed by atoms with E-state index in [0.717, 1.165) is 29.7 Å². The summed E-state index contributed by atoms with van der Waals surface area (Å²) in [5.74, 6) is 0.829. The van der Waals surface area contributed by atoms with Crippen molar-refractivity contribution in [1.82, 2.24) is 14.9 Å². The fourth-order valence-corrected chi connectivity index (χ4v) is 2.53. The highest BCUT2D eigenvalue weighted by Crippen LogP contribution is 2.11. The zero-order valence-electron chi connectivity index (χ0n) is 9.08. The molecule has 0 amide bonds. The van der Waals surface area contributed by atoms with Gasteiger partial charge < -0.3 is 9.45 Å². The zero-order chi connectivity index (χ0) is 12.3. The maximum absolute atomic E-state index is 10.6. The lowest BCUT2D eigenvalue weighted by atomic mass is 10.3. The SMILES string of the molecule is O=S([O-])CN1CCN(c2ncc(I)cn2)CC1. The van der Waals surface area contributed by atoms with Crippen LogP contribution in [0.2, 0.25) is 0 Å². The smallest absolute Gasteiger partial charge is 0.225 e. The van der Waals surface area contributed by atoms with Gasteiger partial charge in [0.2, 0.25) is 5.95 Å². The van der Waals surface area contributed by atoms with Gasteiger partial charge in [-0.05, 0) is 33.7 Å². The number of anilines is 1. The van der Waals surface area contributed by atoms with Crippen LogP contribution in [0.15, 0.2) is 12.4 Å². The Morgan fingerprint density at radius 2 is 1.88 bits per heavy atom. The van der Waals surface area contributed by atoms with Crippen LogP contribution >= 0.6 is 22.6 Å². The minimum atomic E-state index is -2.00. The molecule has 1 fully saturated rings. The average Bonchev–Trinajstić information content (AvgIpc) is 2.30. The zero-order valence-corrected chi connectivity index (χ0v) is 12.1. The number of aromatic nitrogens is 2. The van der Waals surface area contributed by atoms with E-state index in [4.69, 9.17) is 0 Å². The van der Waals surface area contributed by atoms with Gasteiger partial charge >= 0.3 is 0 Å². The molecule has 2 rings (SSSR count). The minimum absolute atomic E-state index is 0.112. The Labute approximate surface area is 116 Å². The minimum Gasteiger partial charge on any atom is -0.771 e. The van der Waals surface area contributed by atoms with Gasteiger partial charge in [-0.25, -0.2) is 9.97 Å². The molecule has 0 spiro atoms. The van der Waals surface area contributed by atoms with Crippen molar-refractivity contribution in [3.8, 4) is 0 Å². The lowest BCUT2D eigenvalue weighted by Crippen LogP contribution is -2.47. The van der Waals surface area contributed by atoms with Crippen LogP contribution in [0.4, 0.5) is 5.95 Å². The predicted molar refractivity (Wildman–Crippen MR) is 72.3 cm³/mol. The summed E-state index contributed by atoms with van der Waals surface area (Å²) in [7, 11) is 0. The van der Waals surface area contributed by atoms with Crippen LogP contribution in [0.3, 0.4) is 0 Å². The van der Waals surface area contributed by atoms with Crippen LogP contribution in [0.1, 0.15) is 0 Å². The molecule has 17 heavy (non-hydrogen) atoms. The molecule has 8 heteroatoms. The van der Waals surface area contributed by atoms with E-state index >= 15 is 0 Å². The number of nitrogens with zero attached hydrogens (tertiary/aromatic N) is 4. The summed E-state index contributed by atoms with van der Waals surface area (Å²) >= 11 is 0.167. The van der Waals surface area contributed by atoms with Gasteiger partial charge in [-0.15, -0.1) is 0 Å². The maximum Gasteiger partial charge on any atom is 0.225 e. The molecule has 1 aromatic heterocycles. The van der Waals surface area contributed by atoms with E-state index in [1.165, 1.54) is 0 Å². The van der Waals surface area contributed by atoms with Crippen molar-refractivity contribution in [1.29, 1.82) is 0 Å². The van der Waals surface area contributed by atoms with Gasteiger partial charge in [-0.1, -0.05) is 0 Å². The Bertz CT molecular complexity index is 394. The highest BCUT2D eigenvalue weighted by Gasteiger charge is 2.18. The highest BCUT2D eigenvalue weighted by atomic mass is 127. The second kappa shape index (κ2) is 6.03. The molecule has 1 saturated heterocycles. The first-order valence-corrected chi connectivity index (χ1v) is 7.48. The van der Waals surface area contributed by atoms with Crippen LogP contribution in [0.5, 0.6) is 0 Å². The first kappa shape index (κ1) is 13.1. The second-order valence-corrected chi connectivity index (χ2v) is 5.85. The summed E-state index contributed by atoms with van der Waals surface area (Å²) in [6.45, 7) is 2.97. The summed E-state index contributed by atoms with van der Waals surface area (Å²) in [4.78, 5) is 12.5. The fraction of sp³-hybridized carbons (Fsp3) is 0.556. The summed E-state index contributed by atoms with van der Waals surface area (Å²) in [6.07, 6.45) is 3.56. The first-order valence-electron chi connectivity index (χ1n) is 5.16. The van der Waals surface area contributed by atoms with Crippen LogP contribution in [-0.2, 0) is 11.1 Å². The van der Waals surface area contributed by atoms with E-state index in [0.29, 0.717) is 5.95 Å². The molecule has 94 valence electrons. The Balaban J connectivity index is 1.90. The van der Waals surface area contributed by atoms with Gasteiger partial charge in [0.25, 0.3) is 0 Å². The molecule has 0 N–H and O–H groups in total. The van der Waals surface area contributed by atoms with Gasteiger partial charge in [-0.2, -0.15) is 0 Å². The van der Waals surface area contributed by atoms with Crippen LogP contribution in [0.25, 0.3) is 0 Å². The Hall–Kier alpha value is -0.320. The van der Waals surface area contributed by atoms with Gasteiger partial charge in [0, 0.05) is 42.1 Å². The molecule has 1 aromatic rings. The number of halogens is 1. The van der Waals surface area contributed by atoms with Crippen LogP contribution < -0.4 is 4.90 Å². The number of rotatable bonds is 3. The van der Waals surface area contributed by atoms with Crippen molar-refractivity contribution >= 4 is 39.6 Å². The standard InChI is InChI=1S/C9H13IN4O2S/c10-8-5-11-9(12-6-8)14-3-1-13(2-4-14)7-17(15)16/h5-6H,1-4,7H2,(H,15,16)/p-1. The lowest BCUT2D eigenvalue weighted by Gasteiger charge is -2.34. The molecule has 1 aliphatic heterocycles. The third-order valence-electron chi connectivity index (χ3n) is 2.55. The maximum atomic E-state index is 10.6. The third kappa shape index (κ3) is 3.83. The molecule has 1 atom stereocenters. The first-order chi connectivity index (χ1) is 8.15. The van der Waals surface area contributed by atoms with E-state index in [2.05, 4.69) is 37.5 Å². The monoisotopic (exact) mass is 367 g/mol. The number of hydrogen-bond donors (Lipinski definition) is 0. The van der Waals surface area contributed by atoms with Gasteiger partial charge in [0.05, 0.1) is 5.88 Å². The molecule has 6 nitrogen and oxygen atoms in total. The molecular weight excluding hydrogens is 355 g/mol. The molecule has 1 aliphatic rings. The second-order valence-electron chi connectivity index (χ2n) is 3.74. The summed E-state index contributed by atoms with van der Waals surface area (Å²) in [5.41, 5.74) is 0. The van der Waals surface area contributed by atoms with Crippen molar-refractivity contribution in [3.63, 3.8) is 0 Å². The van der Waals surface area contributed by atoms with Crippen molar-refractivity contribution in [3.05, 3.63) is 16.0 Å². The molecule has 0 radical (unpaired) electrons.